The molecule has 0 saturated carbocycles. The molecule has 0 aliphatic rings. The van der Waals surface area contributed by atoms with Crippen LogP contribution in [0.3, 0.4) is 0 Å². The normalized spacial score (nSPS) is 13.7. The van der Waals surface area contributed by atoms with Gasteiger partial charge in [0.1, 0.15) is 0 Å². The van der Waals surface area contributed by atoms with Crippen molar-refractivity contribution in [3.63, 3.8) is 0 Å². The number of nitrogens with one attached hydrogen (secondary N) is 1. The second-order valence-electron chi connectivity index (χ2n) is 2.28. The highest BCUT2D eigenvalue weighted by Crippen LogP contribution is 1.92. The Morgan fingerprint density at radius 2 is 2.11 bits per heavy atom. The van der Waals surface area contributed by atoms with Gasteiger partial charge in [0.15, 0.2) is 0 Å². The Morgan fingerprint density at radius 3 is 2.44 bits per heavy atom. The molecule has 0 aromatic heterocycles. The SMILES string of the molecule is CCC[C@@H](CN)NCC. The molecule has 0 amide bonds. The molecule has 0 aliphatic heterocycles. The smallest absolute Gasteiger partial charge is 0.0190 e. The average molecular weight is 130 g/mol. The molecule has 0 saturated heterocycles. The van der Waals surface area contributed by atoms with Gasteiger partial charge in [0, 0.05) is 12.6 Å². The first-order valence-electron chi connectivity index (χ1n) is 3.78. The van der Waals surface area contributed by atoms with Crippen LogP contribution in [0.4, 0.5) is 0 Å². The van der Waals surface area contributed by atoms with Crippen molar-refractivity contribution in [2.45, 2.75) is 32.7 Å². The minimum absolute atomic E-state index is 0.542. The van der Waals surface area contributed by atoms with Crippen LogP contribution in [-0.2, 0) is 0 Å². The van der Waals surface area contributed by atoms with Crippen molar-refractivity contribution in [1.82, 2.24) is 5.32 Å². The van der Waals surface area contributed by atoms with Crippen LogP contribution in [0.15, 0.2) is 0 Å². The Balaban J connectivity index is 3.18. The van der Waals surface area contributed by atoms with Crippen LogP contribution in [0.5, 0.6) is 0 Å². The molecule has 0 heterocycles. The summed E-state index contributed by atoms with van der Waals surface area (Å²) in [5.41, 5.74) is 5.48. The van der Waals surface area contributed by atoms with Crippen LogP contribution in [-0.4, -0.2) is 19.1 Å². The van der Waals surface area contributed by atoms with Crippen LogP contribution in [0.1, 0.15) is 26.7 Å². The van der Waals surface area contributed by atoms with Gasteiger partial charge in [-0.1, -0.05) is 20.3 Å². The lowest BCUT2D eigenvalue weighted by atomic mass is 10.2. The third-order valence-corrected chi connectivity index (χ3v) is 1.41. The maximum atomic E-state index is 5.48. The predicted molar refractivity (Wildman–Crippen MR) is 41.4 cm³/mol. The molecule has 0 bridgehead atoms. The van der Waals surface area contributed by atoms with E-state index in [1.54, 1.807) is 0 Å². The zero-order chi connectivity index (χ0) is 7.11. The number of hydrogen-bond acceptors (Lipinski definition) is 2. The van der Waals surface area contributed by atoms with E-state index in [0.717, 1.165) is 13.1 Å². The summed E-state index contributed by atoms with van der Waals surface area (Å²) in [4.78, 5) is 0. The Morgan fingerprint density at radius 1 is 1.44 bits per heavy atom. The van der Waals surface area contributed by atoms with Gasteiger partial charge in [0.2, 0.25) is 0 Å². The second kappa shape index (κ2) is 6.05. The Labute approximate surface area is 57.8 Å². The summed E-state index contributed by atoms with van der Waals surface area (Å²) in [6.07, 6.45) is 2.42. The first kappa shape index (κ1) is 8.92. The largest absolute Gasteiger partial charge is 0.329 e. The maximum Gasteiger partial charge on any atom is 0.0190 e. The molecule has 9 heavy (non-hydrogen) atoms. The highest BCUT2D eigenvalue weighted by atomic mass is 14.9. The van der Waals surface area contributed by atoms with Gasteiger partial charge in [-0.25, -0.2) is 0 Å². The Kier molecular flexibility index (Phi) is 5.99. The van der Waals surface area contributed by atoms with E-state index in [0.29, 0.717) is 6.04 Å². The van der Waals surface area contributed by atoms with Gasteiger partial charge >= 0.3 is 0 Å². The summed E-state index contributed by atoms with van der Waals surface area (Å²) in [6.45, 7) is 6.09. The average Bonchev–Trinajstić information content (AvgIpc) is 1.88. The molecule has 56 valence electrons. The van der Waals surface area contributed by atoms with Crippen molar-refractivity contribution < 1.29 is 0 Å². The quantitative estimate of drug-likeness (QED) is 0.575. The molecule has 1 atom stereocenters. The number of hydrogen-bond donors (Lipinski definition) is 2. The highest BCUT2D eigenvalue weighted by molar-refractivity contribution is 4.64. The minimum Gasteiger partial charge on any atom is -0.329 e. The fourth-order valence-corrected chi connectivity index (χ4v) is 0.940. The van der Waals surface area contributed by atoms with Gasteiger partial charge in [0.25, 0.3) is 0 Å². The van der Waals surface area contributed by atoms with Crippen molar-refractivity contribution >= 4 is 0 Å². The number of likely N-dealkylation sites (N-methyl/N-ethyl adjacent to an activating group) is 1. The summed E-state index contributed by atoms with van der Waals surface area (Å²) >= 11 is 0. The van der Waals surface area contributed by atoms with E-state index < -0.39 is 0 Å². The number of nitrogens with two attached hydrogens (primary N) is 1. The lowest BCUT2D eigenvalue weighted by molar-refractivity contribution is 0.496. The summed E-state index contributed by atoms with van der Waals surface area (Å²) in [6, 6.07) is 0.542. The van der Waals surface area contributed by atoms with Crippen molar-refractivity contribution in [3.8, 4) is 0 Å². The van der Waals surface area contributed by atoms with E-state index in [1.165, 1.54) is 12.8 Å². The van der Waals surface area contributed by atoms with E-state index in [2.05, 4.69) is 19.2 Å². The highest BCUT2D eigenvalue weighted by Gasteiger charge is 2.00. The van der Waals surface area contributed by atoms with E-state index in [-0.39, 0.29) is 0 Å². The second-order valence-corrected chi connectivity index (χ2v) is 2.28. The van der Waals surface area contributed by atoms with Gasteiger partial charge in [-0.2, -0.15) is 0 Å². The van der Waals surface area contributed by atoms with Crippen molar-refractivity contribution in [3.05, 3.63) is 0 Å². The standard InChI is InChI=1S/C7H18N2/c1-3-5-7(6-8)9-4-2/h7,9H,3-6,8H2,1-2H3/t7-/m0/s1. The molecular formula is C7H18N2. The van der Waals surface area contributed by atoms with Crippen LogP contribution in [0.2, 0.25) is 0 Å². The van der Waals surface area contributed by atoms with Crippen molar-refractivity contribution in [1.29, 1.82) is 0 Å². The summed E-state index contributed by atoms with van der Waals surface area (Å²) in [5.74, 6) is 0. The zero-order valence-corrected chi connectivity index (χ0v) is 6.48. The molecule has 0 aliphatic carbocycles. The lowest BCUT2D eigenvalue weighted by Gasteiger charge is -2.13. The van der Waals surface area contributed by atoms with E-state index >= 15 is 0 Å². The number of rotatable bonds is 5. The first-order valence-corrected chi connectivity index (χ1v) is 3.78. The van der Waals surface area contributed by atoms with Crippen LogP contribution < -0.4 is 11.1 Å². The molecule has 0 aromatic rings. The lowest BCUT2D eigenvalue weighted by Crippen LogP contribution is -2.35. The van der Waals surface area contributed by atoms with Crippen LogP contribution in [0, 0.1) is 0 Å². The molecule has 3 N–H and O–H groups in total. The minimum atomic E-state index is 0.542. The molecule has 0 aromatic carbocycles. The molecular weight excluding hydrogens is 112 g/mol. The van der Waals surface area contributed by atoms with Gasteiger partial charge in [0.05, 0.1) is 0 Å². The Hall–Kier alpha value is -0.0800. The predicted octanol–water partition coefficient (Wildman–Crippen LogP) is 0.723. The summed E-state index contributed by atoms with van der Waals surface area (Å²) in [5, 5.41) is 3.31. The first-order chi connectivity index (χ1) is 4.35. The summed E-state index contributed by atoms with van der Waals surface area (Å²) in [7, 11) is 0. The van der Waals surface area contributed by atoms with Crippen molar-refractivity contribution in [2.24, 2.45) is 5.73 Å². The van der Waals surface area contributed by atoms with E-state index in [4.69, 9.17) is 5.73 Å². The molecule has 0 rings (SSSR count). The third-order valence-electron chi connectivity index (χ3n) is 1.41. The van der Waals surface area contributed by atoms with Gasteiger partial charge in [-0.3, -0.25) is 0 Å². The third kappa shape index (κ3) is 4.43. The summed E-state index contributed by atoms with van der Waals surface area (Å²) < 4.78 is 0. The van der Waals surface area contributed by atoms with Crippen LogP contribution >= 0.6 is 0 Å². The molecule has 2 heteroatoms. The maximum absolute atomic E-state index is 5.48. The fourth-order valence-electron chi connectivity index (χ4n) is 0.940. The Bertz CT molecular complexity index is 48.9. The monoisotopic (exact) mass is 130 g/mol. The molecule has 0 spiro atoms. The van der Waals surface area contributed by atoms with Gasteiger partial charge < -0.3 is 11.1 Å². The van der Waals surface area contributed by atoms with E-state index in [1.807, 2.05) is 0 Å². The molecule has 0 unspecified atom stereocenters. The van der Waals surface area contributed by atoms with Crippen molar-refractivity contribution in [2.75, 3.05) is 13.1 Å². The zero-order valence-electron chi connectivity index (χ0n) is 6.48. The van der Waals surface area contributed by atoms with Crippen LogP contribution in [0.25, 0.3) is 0 Å². The molecule has 0 radical (unpaired) electrons. The van der Waals surface area contributed by atoms with E-state index in [9.17, 15) is 0 Å². The molecule has 2 nitrogen and oxygen atoms in total. The van der Waals surface area contributed by atoms with Gasteiger partial charge in [-0.05, 0) is 13.0 Å². The topological polar surface area (TPSA) is 38.0 Å². The molecule has 0 fully saturated rings. The fraction of sp³-hybridized carbons (Fsp3) is 1.00. The van der Waals surface area contributed by atoms with Gasteiger partial charge in [-0.15, -0.1) is 0 Å².